The Balaban J connectivity index is 1.67. The molecule has 0 unspecified atom stereocenters. The monoisotopic (exact) mass is 400 g/mol. The van der Waals surface area contributed by atoms with Crippen molar-refractivity contribution >= 4 is 46.7 Å². The Morgan fingerprint density at radius 2 is 1.75 bits per heavy atom. The van der Waals surface area contributed by atoms with Crippen molar-refractivity contribution < 1.29 is 23.9 Å². The van der Waals surface area contributed by atoms with Gasteiger partial charge in [-0.3, -0.25) is 19.3 Å². The molecule has 1 atom stereocenters. The van der Waals surface area contributed by atoms with Crippen LogP contribution in [-0.2, 0) is 19.1 Å². The Kier molecular flexibility index (Phi) is 5.75. The number of ether oxygens (including phenoxy) is 1. The fraction of sp³-hybridized carbons (Fsp3) is 0.200. The van der Waals surface area contributed by atoms with Gasteiger partial charge in [0.1, 0.15) is 0 Å². The molecular formula is C20H17ClN2O5. The summed E-state index contributed by atoms with van der Waals surface area (Å²) in [6, 6.07) is 12.6. The zero-order valence-corrected chi connectivity index (χ0v) is 15.7. The summed E-state index contributed by atoms with van der Waals surface area (Å²) in [5.74, 6) is -1.89. The van der Waals surface area contributed by atoms with Crippen LogP contribution in [0.4, 0.5) is 11.4 Å². The second kappa shape index (κ2) is 8.22. The number of benzene rings is 2. The molecule has 1 aliphatic heterocycles. The van der Waals surface area contributed by atoms with Crippen LogP contribution in [0.2, 0.25) is 5.02 Å². The second-order valence-corrected chi connectivity index (χ2v) is 6.66. The average Bonchev–Trinajstić information content (AvgIpc) is 3.00. The molecule has 1 N–H and O–H groups in total. The van der Waals surface area contributed by atoms with Crippen molar-refractivity contribution in [3.8, 4) is 0 Å². The molecule has 1 aliphatic rings. The second-order valence-electron chi connectivity index (χ2n) is 6.22. The first-order valence-electron chi connectivity index (χ1n) is 8.58. The summed E-state index contributed by atoms with van der Waals surface area (Å²) >= 11 is 5.87. The minimum atomic E-state index is -1.06. The van der Waals surface area contributed by atoms with Crippen LogP contribution in [-0.4, -0.2) is 29.8 Å². The van der Waals surface area contributed by atoms with E-state index >= 15 is 0 Å². The van der Waals surface area contributed by atoms with E-state index in [2.05, 4.69) is 5.32 Å². The van der Waals surface area contributed by atoms with Gasteiger partial charge < -0.3 is 10.1 Å². The van der Waals surface area contributed by atoms with Crippen molar-refractivity contribution in [2.24, 2.45) is 0 Å². The Hall–Kier alpha value is -3.19. The molecule has 2 aromatic carbocycles. The molecule has 2 aromatic rings. The summed E-state index contributed by atoms with van der Waals surface area (Å²) in [6.07, 6.45) is -0.771. The Bertz CT molecular complexity index is 943. The zero-order chi connectivity index (χ0) is 20.3. The summed E-state index contributed by atoms with van der Waals surface area (Å²) in [7, 11) is 0. The highest BCUT2D eigenvalue weighted by atomic mass is 35.5. The quantitative estimate of drug-likeness (QED) is 0.614. The van der Waals surface area contributed by atoms with Crippen molar-refractivity contribution in [2.75, 3.05) is 10.2 Å². The van der Waals surface area contributed by atoms with Gasteiger partial charge in [0.15, 0.2) is 6.10 Å². The third-order valence-electron chi connectivity index (χ3n) is 4.14. The van der Waals surface area contributed by atoms with Crippen molar-refractivity contribution in [2.45, 2.75) is 25.9 Å². The Labute approximate surface area is 166 Å². The topological polar surface area (TPSA) is 92.8 Å². The van der Waals surface area contributed by atoms with Gasteiger partial charge in [0.2, 0.25) is 11.8 Å². The molecule has 0 aromatic heterocycles. The molecule has 1 saturated heterocycles. The number of hydrogen-bond acceptors (Lipinski definition) is 5. The van der Waals surface area contributed by atoms with E-state index in [1.54, 1.807) is 36.4 Å². The van der Waals surface area contributed by atoms with E-state index in [1.807, 2.05) is 0 Å². The molecule has 144 valence electrons. The van der Waals surface area contributed by atoms with Crippen LogP contribution in [0.25, 0.3) is 0 Å². The van der Waals surface area contributed by atoms with Gasteiger partial charge in [0.05, 0.1) is 11.3 Å². The number of nitrogens with one attached hydrogen (secondary N) is 1. The molecule has 1 heterocycles. The van der Waals surface area contributed by atoms with Crippen LogP contribution in [0.1, 0.15) is 30.1 Å². The molecule has 0 spiro atoms. The van der Waals surface area contributed by atoms with Crippen LogP contribution >= 0.6 is 11.6 Å². The van der Waals surface area contributed by atoms with Gasteiger partial charge in [0, 0.05) is 23.6 Å². The van der Waals surface area contributed by atoms with Crippen LogP contribution in [0.5, 0.6) is 0 Å². The van der Waals surface area contributed by atoms with Crippen LogP contribution in [0.3, 0.4) is 0 Å². The summed E-state index contributed by atoms with van der Waals surface area (Å²) in [4.78, 5) is 49.4. The number of nitrogens with zero attached hydrogens (tertiary/aromatic N) is 1. The Morgan fingerprint density at radius 3 is 2.43 bits per heavy atom. The maximum Gasteiger partial charge on any atom is 0.338 e. The van der Waals surface area contributed by atoms with Crippen LogP contribution in [0.15, 0.2) is 48.5 Å². The zero-order valence-electron chi connectivity index (χ0n) is 15.0. The molecule has 0 aliphatic carbocycles. The van der Waals surface area contributed by atoms with E-state index in [0.29, 0.717) is 16.4 Å². The number of rotatable bonds is 5. The predicted molar refractivity (Wildman–Crippen MR) is 103 cm³/mol. The lowest BCUT2D eigenvalue weighted by atomic mass is 10.2. The number of esters is 1. The summed E-state index contributed by atoms with van der Waals surface area (Å²) in [6.45, 7) is 1.44. The van der Waals surface area contributed by atoms with E-state index in [1.165, 1.54) is 19.1 Å². The molecule has 0 saturated carbocycles. The molecule has 8 heteroatoms. The molecule has 1 fully saturated rings. The smallest absolute Gasteiger partial charge is 0.338 e. The first-order chi connectivity index (χ1) is 13.3. The van der Waals surface area contributed by atoms with E-state index in [9.17, 15) is 19.2 Å². The Morgan fingerprint density at radius 1 is 1.07 bits per heavy atom. The standard InChI is InChI=1S/C20H17ClN2O5/c1-12(19(26)22-15-6-3-5-14(21)11-15)28-20(27)13-4-2-7-16(10-13)23-17(24)8-9-18(23)25/h2-7,10-12H,8-9H2,1H3,(H,22,26)/t12-/m1/s1. The first-order valence-corrected chi connectivity index (χ1v) is 8.96. The first kappa shape index (κ1) is 19.6. The molecule has 0 radical (unpaired) electrons. The van der Waals surface area contributed by atoms with Crippen molar-refractivity contribution in [3.63, 3.8) is 0 Å². The number of anilines is 2. The highest BCUT2D eigenvalue weighted by Crippen LogP contribution is 2.24. The minimum absolute atomic E-state index is 0.132. The van der Waals surface area contributed by atoms with E-state index < -0.39 is 18.0 Å². The lowest BCUT2D eigenvalue weighted by molar-refractivity contribution is -0.124. The van der Waals surface area contributed by atoms with Crippen LogP contribution < -0.4 is 10.2 Å². The van der Waals surface area contributed by atoms with Gasteiger partial charge in [-0.1, -0.05) is 23.7 Å². The van der Waals surface area contributed by atoms with Gasteiger partial charge in [-0.2, -0.15) is 0 Å². The molecule has 7 nitrogen and oxygen atoms in total. The van der Waals surface area contributed by atoms with Gasteiger partial charge >= 0.3 is 5.97 Å². The summed E-state index contributed by atoms with van der Waals surface area (Å²) in [5, 5.41) is 3.07. The SMILES string of the molecule is C[C@@H](OC(=O)c1cccc(N2C(=O)CCC2=O)c1)C(=O)Nc1cccc(Cl)c1. The lowest BCUT2D eigenvalue weighted by Gasteiger charge is -2.16. The van der Waals surface area contributed by atoms with Gasteiger partial charge in [-0.15, -0.1) is 0 Å². The molecule has 3 amide bonds. The highest BCUT2D eigenvalue weighted by Gasteiger charge is 2.30. The fourth-order valence-electron chi connectivity index (χ4n) is 2.73. The molecule has 3 rings (SSSR count). The van der Waals surface area contributed by atoms with Crippen molar-refractivity contribution in [1.82, 2.24) is 0 Å². The summed E-state index contributed by atoms with van der Waals surface area (Å²) in [5.41, 5.74) is 0.916. The van der Waals surface area contributed by atoms with Crippen molar-refractivity contribution in [1.29, 1.82) is 0 Å². The van der Waals surface area contributed by atoms with E-state index in [-0.39, 0.29) is 30.2 Å². The lowest BCUT2D eigenvalue weighted by Crippen LogP contribution is -2.30. The molecule has 28 heavy (non-hydrogen) atoms. The summed E-state index contributed by atoms with van der Waals surface area (Å²) < 4.78 is 5.20. The third-order valence-corrected chi connectivity index (χ3v) is 4.37. The number of carbonyl (C=O) groups is 4. The maximum atomic E-state index is 12.4. The van der Waals surface area contributed by atoms with Gasteiger partial charge in [-0.05, 0) is 43.3 Å². The average molecular weight is 401 g/mol. The molecular weight excluding hydrogens is 384 g/mol. The number of hydrogen-bond donors (Lipinski definition) is 1. The number of amides is 3. The normalized spacial score (nSPS) is 14.7. The van der Waals surface area contributed by atoms with Crippen LogP contribution in [0, 0.1) is 0 Å². The maximum absolute atomic E-state index is 12.4. The highest BCUT2D eigenvalue weighted by molar-refractivity contribution is 6.30. The number of halogens is 1. The predicted octanol–water partition coefficient (Wildman–Crippen LogP) is 3.18. The third kappa shape index (κ3) is 4.37. The number of carbonyl (C=O) groups excluding carboxylic acids is 4. The van der Waals surface area contributed by atoms with Gasteiger partial charge in [-0.25, -0.2) is 4.79 Å². The number of imide groups is 1. The minimum Gasteiger partial charge on any atom is -0.449 e. The largest absolute Gasteiger partial charge is 0.449 e. The van der Waals surface area contributed by atoms with Crippen molar-refractivity contribution in [3.05, 3.63) is 59.1 Å². The van der Waals surface area contributed by atoms with E-state index in [4.69, 9.17) is 16.3 Å². The van der Waals surface area contributed by atoms with E-state index in [0.717, 1.165) is 4.90 Å². The van der Waals surface area contributed by atoms with Gasteiger partial charge in [0.25, 0.3) is 5.91 Å². The fourth-order valence-corrected chi connectivity index (χ4v) is 2.92. The molecule has 0 bridgehead atoms.